The molecule has 4 nitrogen and oxygen atoms in total. The van der Waals surface area contributed by atoms with E-state index in [1.54, 1.807) is 42.4 Å². The van der Waals surface area contributed by atoms with Gasteiger partial charge in [-0.05, 0) is 24.3 Å². The number of hydrogen-bond acceptors (Lipinski definition) is 3. The number of nitrogens with two attached hydrogens (primary N) is 1. The first-order chi connectivity index (χ1) is 9.08. The van der Waals surface area contributed by atoms with E-state index in [4.69, 9.17) is 22.7 Å². The van der Waals surface area contributed by atoms with Crippen LogP contribution in [0.5, 0.6) is 5.75 Å². The molecule has 0 saturated carbocycles. The summed E-state index contributed by atoms with van der Waals surface area (Å²) in [5, 5.41) is 0. The van der Waals surface area contributed by atoms with Crippen LogP contribution in [-0.2, 0) is 0 Å². The number of ether oxygens (including phenoxy) is 1. The molecule has 0 aliphatic heterocycles. The third kappa shape index (κ3) is 4.71. The Bertz CT molecular complexity index is 457. The van der Waals surface area contributed by atoms with Crippen LogP contribution in [0.25, 0.3) is 0 Å². The van der Waals surface area contributed by atoms with Gasteiger partial charge in [0.15, 0.2) is 0 Å². The van der Waals surface area contributed by atoms with Crippen molar-refractivity contribution in [3.8, 4) is 5.75 Å². The Morgan fingerprint density at radius 1 is 1.47 bits per heavy atom. The lowest BCUT2D eigenvalue weighted by Gasteiger charge is -2.21. The lowest BCUT2D eigenvalue weighted by atomic mass is 10.2. The molecule has 2 N–H and O–H groups in total. The molecule has 1 aromatic rings. The highest BCUT2D eigenvalue weighted by Crippen LogP contribution is 2.13. The van der Waals surface area contributed by atoms with Gasteiger partial charge in [-0.15, -0.1) is 6.58 Å². The van der Waals surface area contributed by atoms with Crippen LogP contribution in [-0.4, -0.2) is 36.0 Å². The van der Waals surface area contributed by atoms with Gasteiger partial charge >= 0.3 is 0 Å². The molecule has 0 aromatic heterocycles. The van der Waals surface area contributed by atoms with Crippen molar-refractivity contribution in [3.63, 3.8) is 0 Å². The van der Waals surface area contributed by atoms with Crippen molar-refractivity contribution in [2.75, 3.05) is 20.2 Å². The van der Waals surface area contributed by atoms with Gasteiger partial charge in [0, 0.05) is 25.1 Å². The Morgan fingerprint density at radius 2 is 2.11 bits per heavy atom. The number of carbonyl (C=O) groups excluding carboxylic acids is 1. The molecule has 5 heteroatoms. The van der Waals surface area contributed by atoms with E-state index in [2.05, 4.69) is 6.58 Å². The molecular formula is C14H18N2O2S. The quantitative estimate of drug-likeness (QED) is 0.612. The summed E-state index contributed by atoms with van der Waals surface area (Å²) >= 11 is 4.83. The fourth-order valence-electron chi connectivity index (χ4n) is 1.59. The number of amides is 1. The Balaban J connectivity index is 2.78. The molecule has 102 valence electrons. The van der Waals surface area contributed by atoms with E-state index in [1.807, 2.05) is 0 Å². The molecule has 0 bridgehead atoms. The molecule has 1 amide bonds. The van der Waals surface area contributed by atoms with Crippen molar-refractivity contribution in [1.82, 2.24) is 4.90 Å². The van der Waals surface area contributed by atoms with Gasteiger partial charge in [0.05, 0.1) is 12.1 Å². The van der Waals surface area contributed by atoms with Crippen LogP contribution in [0.2, 0.25) is 0 Å². The molecule has 0 heterocycles. The normalized spacial score (nSPS) is 9.74. The molecule has 0 aliphatic carbocycles. The van der Waals surface area contributed by atoms with Crippen LogP contribution in [0.4, 0.5) is 0 Å². The second-order valence-corrected chi connectivity index (χ2v) is 4.51. The number of methoxy groups -OCH3 is 1. The molecule has 0 radical (unpaired) electrons. The zero-order valence-electron chi connectivity index (χ0n) is 11.0. The average Bonchev–Trinajstić information content (AvgIpc) is 2.42. The third-order valence-electron chi connectivity index (χ3n) is 2.60. The fraction of sp³-hybridized carbons (Fsp3) is 0.286. The van der Waals surface area contributed by atoms with Gasteiger partial charge in [0.2, 0.25) is 0 Å². The van der Waals surface area contributed by atoms with Crippen molar-refractivity contribution in [1.29, 1.82) is 0 Å². The Morgan fingerprint density at radius 3 is 2.58 bits per heavy atom. The maximum atomic E-state index is 12.3. The van der Waals surface area contributed by atoms with E-state index in [-0.39, 0.29) is 5.91 Å². The largest absolute Gasteiger partial charge is 0.497 e. The first kappa shape index (κ1) is 15.2. The molecule has 0 fully saturated rings. The minimum Gasteiger partial charge on any atom is -0.497 e. The van der Waals surface area contributed by atoms with Crippen LogP contribution in [0.1, 0.15) is 16.8 Å². The van der Waals surface area contributed by atoms with E-state index in [9.17, 15) is 4.79 Å². The average molecular weight is 278 g/mol. The van der Waals surface area contributed by atoms with E-state index < -0.39 is 0 Å². The summed E-state index contributed by atoms with van der Waals surface area (Å²) in [6.07, 6.45) is 2.19. The zero-order chi connectivity index (χ0) is 14.3. The van der Waals surface area contributed by atoms with E-state index in [1.165, 1.54) is 0 Å². The van der Waals surface area contributed by atoms with Gasteiger partial charge in [0.1, 0.15) is 5.75 Å². The summed E-state index contributed by atoms with van der Waals surface area (Å²) in [6, 6.07) is 6.98. The lowest BCUT2D eigenvalue weighted by Crippen LogP contribution is -2.33. The molecule has 0 spiro atoms. The van der Waals surface area contributed by atoms with Crippen molar-refractivity contribution >= 4 is 23.1 Å². The first-order valence-electron chi connectivity index (χ1n) is 5.91. The maximum Gasteiger partial charge on any atom is 0.254 e. The number of carbonyl (C=O) groups is 1. The third-order valence-corrected chi connectivity index (χ3v) is 2.81. The molecule has 0 atom stereocenters. The number of nitrogens with zero attached hydrogens (tertiary/aromatic N) is 1. The molecule has 19 heavy (non-hydrogen) atoms. The minimum atomic E-state index is -0.0706. The Hall–Kier alpha value is -1.88. The van der Waals surface area contributed by atoms with Crippen molar-refractivity contribution in [2.45, 2.75) is 6.42 Å². The highest BCUT2D eigenvalue weighted by Gasteiger charge is 2.14. The van der Waals surface area contributed by atoms with Crippen molar-refractivity contribution in [3.05, 3.63) is 42.5 Å². The number of rotatable bonds is 7. The van der Waals surface area contributed by atoms with Gasteiger partial charge in [-0.3, -0.25) is 4.79 Å². The summed E-state index contributed by atoms with van der Waals surface area (Å²) in [4.78, 5) is 14.4. The predicted octanol–water partition coefficient (Wildman–Crippen LogP) is 2.00. The van der Waals surface area contributed by atoms with Gasteiger partial charge < -0.3 is 15.4 Å². The molecule has 1 rings (SSSR count). The van der Waals surface area contributed by atoms with Crippen molar-refractivity contribution in [2.24, 2.45) is 5.73 Å². The standard InChI is InChI=1S/C14H18N2O2S/c1-3-9-16(10-8-13(15)19)14(17)11-4-6-12(18-2)7-5-11/h3-7H,1,8-10H2,2H3,(H2,15,19). The Kier molecular flexibility index (Phi) is 6.02. The van der Waals surface area contributed by atoms with Crippen molar-refractivity contribution < 1.29 is 9.53 Å². The summed E-state index contributed by atoms with van der Waals surface area (Å²) in [5.74, 6) is 0.647. The smallest absolute Gasteiger partial charge is 0.254 e. The summed E-state index contributed by atoms with van der Waals surface area (Å²) in [6.45, 7) is 4.61. The maximum absolute atomic E-state index is 12.3. The fourth-order valence-corrected chi connectivity index (χ4v) is 1.68. The number of thiocarbonyl (C=S) groups is 1. The van der Waals surface area contributed by atoms with Crippen LogP contribution in [0, 0.1) is 0 Å². The van der Waals surface area contributed by atoms with Gasteiger partial charge in [-0.25, -0.2) is 0 Å². The monoisotopic (exact) mass is 278 g/mol. The first-order valence-corrected chi connectivity index (χ1v) is 6.32. The van der Waals surface area contributed by atoms with Gasteiger partial charge in [-0.1, -0.05) is 18.3 Å². The minimum absolute atomic E-state index is 0.0706. The van der Waals surface area contributed by atoms with Crippen LogP contribution < -0.4 is 10.5 Å². The molecule has 1 aromatic carbocycles. The molecule has 0 unspecified atom stereocenters. The highest BCUT2D eigenvalue weighted by atomic mass is 32.1. The molecule has 0 saturated heterocycles. The Labute approximate surface area is 118 Å². The van der Waals surface area contributed by atoms with E-state index in [0.717, 1.165) is 5.75 Å². The zero-order valence-corrected chi connectivity index (χ0v) is 11.8. The highest BCUT2D eigenvalue weighted by molar-refractivity contribution is 7.80. The summed E-state index contributed by atoms with van der Waals surface area (Å²) in [7, 11) is 1.59. The van der Waals surface area contributed by atoms with Crippen LogP contribution in [0.15, 0.2) is 36.9 Å². The van der Waals surface area contributed by atoms with E-state index >= 15 is 0 Å². The van der Waals surface area contributed by atoms with Gasteiger partial charge in [-0.2, -0.15) is 0 Å². The number of hydrogen-bond donors (Lipinski definition) is 1. The SMILES string of the molecule is C=CCN(CCC(N)=S)C(=O)c1ccc(OC)cc1. The summed E-state index contributed by atoms with van der Waals surface area (Å²) < 4.78 is 5.06. The predicted molar refractivity (Wildman–Crippen MR) is 80.5 cm³/mol. The second kappa shape index (κ2) is 7.53. The van der Waals surface area contributed by atoms with Crippen LogP contribution in [0.3, 0.4) is 0 Å². The van der Waals surface area contributed by atoms with Crippen LogP contribution >= 0.6 is 12.2 Å². The molecular weight excluding hydrogens is 260 g/mol. The summed E-state index contributed by atoms with van der Waals surface area (Å²) in [5.41, 5.74) is 6.07. The second-order valence-electron chi connectivity index (χ2n) is 3.98. The van der Waals surface area contributed by atoms with E-state index in [0.29, 0.717) is 30.1 Å². The topological polar surface area (TPSA) is 55.6 Å². The molecule has 0 aliphatic rings. The van der Waals surface area contributed by atoms with Gasteiger partial charge in [0.25, 0.3) is 5.91 Å². The lowest BCUT2D eigenvalue weighted by molar-refractivity contribution is 0.0778. The number of benzene rings is 1.